The van der Waals surface area contributed by atoms with Gasteiger partial charge in [0.05, 0.1) is 10.6 Å². The number of benzene rings is 1. The van der Waals surface area contributed by atoms with Gasteiger partial charge in [0.25, 0.3) is 0 Å². The topological polar surface area (TPSA) is 38.7 Å². The van der Waals surface area contributed by atoms with Crippen molar-refractivity contribution in [2.24, 2.45) is 17.8 Å². The van der Waals surface area contributed by atoms with Crippen molar-refractivity contribution in [2.75, 3.05) is 6.79 Å². The van der Waals surface area contributed by atoms with Gasteiger partial charge in [0.2, 0.25) is 6.79 Å². The third-order valence-electron chi connectivity index (χ3n) is 5.24. The smallest absolute Gasteiger partial charge is 0.231 e. The summed E-state index contributed by atoms with van der Waals surface area (Å²) in [5.74, 6) is 3.97. The average Bonchev–Trinajstić information content (AvgIpc) is 3.13. The maximum atomic E-state index is 10.5. The van der Waals surface area contributed by atoms with E-state index in [2.05, 4.69) is 15.9 Å². The van der Waals surface area contributed by atoms with Crippen molar-refractivity contribution in [3.8, 4) is 11.5 Å². The summed E-state index contributed by atoms with van der Waals surface area (Å²) in [5, 5.41) is 10.5. The largest absolute Gasteiger partial charge is 0.454 e. The summed E-state index contributed by atoms with van der Waals surface area (Å²) >= 11 is 3.50. The summed E-state index contributed by atoms with van der Waals surface area (Å²) in [5.41, 5.74) is 0.934. The highest BCUT2D eigenvalue weighted by Gasteiger charge is 2.40. The second-order valence-electron chi connectivity index (χ2n) is 6.42. The fourth-order valence-corrected chi connectivity index (χ4v) is 4.84. The number of hydrogen-bond acceptors (Lipinski definition) is 3. The van der Waals surface area contributed by atoms with E-state index in [-0.39, 0.29) is 6.79 Å². The molecule has 20 heavy (non-hydrogen) atoms. The molecular formula is C16H19BrO3. The van der Waals surface area contributed by atoms with Crippen molar-refractivity contribution in [3.63, 3.8) is 0 Å². The number of ether oxygens (including phenoxy) is 2. The first kappa shape index (κ1) is 13.0. The Morgan fingerprint density at radius 2 is 2.15 bits per heavy atom. The van der Waals surface area contributed by atoms with Crippen LogP contribution in [-0.2, 0) is 0 Å². The molecule has 4 unspecified atom stereocenters. The molecule has 0 aromatic heterocycles. The van der Waals surface area contributed by atoms with Gasteiger partial charge in [0, 0.05) is 0 Å². The Morgan fingerprint density at radius 1 is 1.25 bits per heavy atom. The van der Waals surface area contributed by atoms with Gasteiger partial charge in [-0.25, -0.2) is 0 Å². The fraction of sp³-hybridized carbons (Fsp3) is 0.625. The zero-order valence-corrected chi connectivity index (χ0v) is 12.9. The number of aliphatic hydroxyl groups excluding tert-OH is 1. The second kappa shape index (κ2) is 4.92. The normalized spacial score (nSPS) is 31.8. The molecule has 1 aliphatic heterocycles. The molecule has 0 amide bonds. The number of fused-ring (bicyclic) bond motifs is 3. The fourth-order valence-electron chi connectivity index (χ4n) is 4.27. The van der Waals surface area contributed by atoms with Crippen LogP contribution in [0, 0.1) is 17.8 Å². The summed E-state index contributed by atoms with van der Waals surface area (Å²) in [6.07, 6.45) is 5.97. The standard InChI is InChI=1S/C16H19BrO3/c17-13-5-12(7-15-16(13)20-8-19-15)14(18)6-11-4-9-1-2-10(11)3-9/h5,7,9-11,14,18H,1-4,6,8H2. The molecule has 1 aromatic carbocycles. The first-order chi connectivity index (χ1) is 9.70. The van der Waals surface area contributed by atoms with Gasteiger partial charge in [-0.2, -0.15) is 0 Å². The minimum Gasteiger partial charge on any atom is -0.454 e. The van der Waals surface area contributed by atoms with Gasteiger partial charge in [-0.05, 0) is 77.1 Å². The molecule has 0 saturated heterocycles. The number of hydrogen-bond donors (Lipinski definition) is 1. The second-order valence-corrected chi connectivity index (χ2v) is 7.28. The molecule has 1 N–H and O–H groups in total. The lowest BCUT2D eigenvalue weighted by Gasteiger charge is -2.24. The van der Waals surface area contributed by atoms with Crippen LogP contribution >= 0.6 is 15.9 Å². The third-order valence-corrected chi connectivity index (χ3v) is 5.83. The van der Waals surface area contributed by atoms with Gasteiger partial charge in [0.1, 0.15) is 0 Å². The summed E-state index contributed by atoms with van der Waals surface area (Å²) < 4.78 is 11.7. The predicted octanol–water partition coefficient (Wildman–Crippen LogP) is 4.04. The van der Waals surface area contributed by atoms with Gasteiger partial charge < -0.3 is 14.6 Å². The lowest BCUT2D eigenvalue weighted by molar-refractivity contribution is 0.125. The highest BCUT2D eigenvalue weighted by molar-refractivity contribution is 9.10. The molecule has 4 atom stereocenters. The highest BCUT2D eigenvalue weighted by atomic mass is 79.9. The van der Waals surface area contributed by atoms with E-state index >= 15 is 0 Å². The molecule has 1 aromatic rings. The number of halogens is 1. The van der Waals surface area contributed by atoms with E-state index in [1.165, 1.54) is 25.7 Å². The van der Waals surface area contributed by atoms with E-state index in [4.69, 9.17) is 9.47 Å². The van der Waals surface area contributed by atoms with Crippen molar-refractivity contribution in [1.29, 1.82) is 0 Å². The van der Waals surface area contributed by atoms with Gasteiger partial charge >= 0.3 is 0 Å². The molecule has 4 rings (SSSR count). The SMILES string of the molecule is OC(CC1CC2CCC1C2)c1cc(Br)c2c(c1)OCO2. The van der Waals surface area contributed by atoms with Crippen molar-refractivity contribution in [2.45, 2.75) is 38.2 Å². The quantitative estimate of drug-likeness (QED) is 0.903. The van der Waals surface area contributed by atoms with Crippen molar-refractivity contribution < 1.29 is 14.6 Å². The van der Waals surface area contributed by atoms with E-state index in [1.807, 2.05) is 12.1 Å². The van der Waals surface area contributed by atoms with Crippen LogP contribution in [0.15, 0.2) is 16.6 Å². The van der Waals surface area contributed by atoms with Gasteiger partial charge in [-0.3, -0.25) is 0 Å². The average molecular weight is 339 g/mol. The molecule has 0 radical (unpaired) electrons. The number of aliphatic hydroxyl groups is 1. The first-order valence-electron chi connectivity index (χ1n) is 7.48. The molecule has 3 nitrogen and oxygen atoms in total. The van der Waals surface area contributed by atoms with Crippen LogP contribution in [0.1, 0.15) is 43.8 Å². The molecule has 1 heterocycles. The van der Waals surface area contributed by atoms with E-state index < -0.39 is 6.10 Å². The molecule has 2 fully saturated rings. The molecular weight excluding hydrogens is 320 g/mol. The molecule has 4 heteroatoms. The maximum Gasteiger partial charge on any atom is 0.231 e. The van der Waals surface area contributed by atoms with E-state index in [0.717, 1.165) is 39.8 Å². The van der Waals surface area contributed by atoms with Crippen LogP contribution in [0.25, 0.3) is 0 Å². The lowest BCUT2D eigenvalue weighted by Crippen LogP contribution is -2.14. The van der Waals surface area contributed by atoms with E-state index in [1.54, 1.807) is 0 Å². The summed E-state index contributed by atoms with van der Waals surface area (Å²) in [6.45, 7) is 0.264. The summed E-state index contributed by atoms with van der Waals surface area (Å²) in [7, 11) is 0. The van der Waals surface area contributed by atoms with Gasteiger partial charge in [0.15, 0.2) is 11.5 Å². The minimum absolute atomic E-state index is 0.264. The Labute approximate surface area is 127 Å². The Kier molecular flexibility index (Phi) is 3.19. The van der Waals surface area contributed by atoms with Crippen molar-refractivity contribution >= 4 is 15.9 Å². The molecule has 3 aliphatic rings. The Morgan fingerprint density at radius 3 is 2.90 bits per heavy atom. The minimum atomic E-state index is -0.398. The lowest BCUT2D eigenvalue weighted by atomic mass is 9.83. The Balaban J connectivity index is 1.51. The van der Waals surface area contributed by atoms with Crippen LogP contribution in [0.4, 0.5) is 0 Å². The van der Waals surface area contributed by atoms with Crippen LogP contribution in [0.2, 0.25) is 0 Å². The van der Waals surface area contributed by atoms with Crippen molar-refractivity contribution in [3.05, 3.63) is 22.2 Å². The molecule has 2 saturated carbocycles. The molecule has 2 bridgehead atoms. The predicted molar refractivity (Wildman–Crippen MR) is 78.8 cm³/mol. The van der Waals surface area contributed by atoms with Crippen LogP contribution in [0.3, 0.4) is 0 Å². The zero-order valence-electron chi connectivity index (χ0n) is 11.3. The monoisotopic (exact) mass is 338 g/mol. The maximum absolute atomic E-state index is 10.5. The molecule has 0 spiro atoms. The van der Waals surface area contributed by atoms with E-state index in [0.29, 0.717) is 5.92 Å². The summed E-state index contributed by atoms with van der Waals surface area (Å²) in [4.78, 5) is 0. The van der Waals surface area contributed by atoms with Gasteiger partial charge in [-0.1, -0.05) is 6.42 Å². The molecule has 2 aliphatic carbocycles. The molecule has 108 valence electrons. The number of rotatable bonds is 3. The van der Waals surface area contributed by atoms with Gasteiger partial charge in [-0.15, -0.1) is 0 Å². The Bertz CT molecular complexity index is 531. The van der Waals surface area contributed by atoms with Crippen LogP contribution in [-0.4, -0.2) is 11.9 Å². The zero-order chi connectivity index (χ0) is 13.7. The first-order valence-corrected chi connectivity index (χ1v) is 8.27. The summed E-state index contributed by atoms with van der Waals surface area (Å²) in [6, 6.07) is 3.89. The highest BCUT2D eigenvalue weighted by Crippen LogP contribution is 2.51. The Hall–Kier alpha value is -0.740. The van der Waals surface area contributed by atoms with Crippen molar-refractivity contribution in [1.82, 2.24) is 0 Å². The van der Waals surface area contributed by atoms with Crippen LogP contribution < -0.4 is 9.47 Å². The van der Waals surface area contributed by atoms with Crippen LogP contribution in [0.5, 0.6) is 11.5 Å². The van der Waals surface area contributed by atoms with E-state index in [9.17, 15) is 5.11 Å². The third kappa shape index (κ3) is 2.13.